The van der Waals surface area contributed by atoms with Gasteiger partial charge in [0.15, 0.2) is 0 Å². The Labute approximate surface area is 134 Å². The molecule has 0 aliphatic rings. The van der Waals surface area contributed by atoms with Crippen molar-refractivity contribution < 1.29 is 13.2 Å². The Balaban J connectivity index is 1.97. The quantitative estimate of drug-likeness (QED) is 0.691. The molecule has 2 aromatic carbocycles. The second kappa shape index (κ2) is 6.29. The summed E-state index contributed by atoms with van der Waals surface area (Å²) in [7, 11) is 0. The van der Waals surface area contributed by atoms with E-state index in [1.54, 1.807) is 48.5 Å². The summed E-state index contributed by atoms with van der Waals surface area (Å²) in [6.45, 7) is 0. The van der Waals surface area contributed by atoms with Gasteiger partial charge in [0.25, 0.3) is 5.76 Å². The molecule has 23 heavy (non-hydrogen) atoms. The molecule has 0 aliphatic heterocycles. The molecule has 0 unspecified atom stereocenters. The van der Waals surface area contributed by atoms with E-state index in [2.05, 4.69) is 5.32 Å². The minimum absolute atomic E-state index is 0.0280. The number of nitrogens with two attached hydrogens (primary N) is 1. The molecule has 1 aromatic heterocycles. The first-order valence-corrected chi connectivity index (χ1v) is 7.56. The van der Waals surface area contributed by atoms with Crippen LogP contribution in [0.4, 0.5) is 26.0 Å². The molecule has 0 amide bonds. The Morgan fingerprint density at radius 1 is 1.04 bits per heavy atom. The van der Waals surface area contributed by atoms with Crippen LogP contribution in [0.3, 0.4) is 0 Å². The largest absolute Gasteiger partial charge is 0.404 e. The van der Waals surface area contributed by atoms with Crippen molar-refractivity contribution in [3.63, 3.8) is 0 Å². The van der Waals surface area contributed by atoms with E-state index in [1.807, 2.05) is 0 Å². The lowest BCUT2D eigenvalue weighted by Crippen LogP contribution is -2.06. The predicted octanol–water partition coefficient (Wildman–Crippen LogP) is 4.43. The zero-order valence-corrected chi connectivity index (χ0v) is 12.6. The van der Waals surface area contributed by atoms with Crippen molar-refractivity contribution in [3.8, 4) is 0 Å². The number of nitrogens with one attached hydrogen (secondary N) is 1. The first kappa shape index (κ1) is 15.4. The van der Waals surface area contributed by atoms with Crippen LogP contribution in [0.1, 0.15) is 0 Å². The molecule has 118 valence electrons. The third kappa shape index (κ3) is 3.29. The summed E-state index contributed by atoms with van der Waals surface area (Å²) in [6, 6.07) is 13.4. The molecule has 0 bridgehead atoms. The normalized spacial score (nSPS) is 11.1. The van der Waals surface area contributed by atoms with Gasteiger partial charge < -0.3 is 15.5 Å². The van der Waals surface area contributed by atoms with Crippen molar-refractivity contribution in [1.82, 2.24) is 0 Å². The summed E-state index contributed by atoms with van der Waals surface area (Å²) < 4.78 is 29.7. The molecule has 3 aromatic rings. The smallest absolute Gasteiger partial charge is 0.345 e. The van der Waals surface area contributed by atoms with Crippen LogP contribution in [-0.2, 0) is 0 Å². The highest BCUT2D eigenvalue weighted by atomic mass is 32.2. The van der Waals surface area contributed by atoms with Crippen molar-refractivity contribution in [1.29, 1.82) is 0 Å². The highest BCUT2D eigenvalue weighted by Crippen LogP contribution is 2.31. The lowest BCUT2D eigenvalue weighted by atomic mass is 10.1. The van der Waals surface area contributed by atoms with Crippen molar-refractivity contribution in [2.75, 3.05) is 11.1 Å². The number of thioether (sulfide) groups is 1. The third-order valence-corrected chi connectivity index (χ3v) is 3.94. The van der Waals surface area contributed by atoms with E-state index < -0.39 is 11.4 Å². The molecule has 4 nitrogen and oxygen atoms in total. The molecule has 0 spiro atoms. The molecule has 7 heteroatoms. The van der Waals surface area contributed by atoms with Crippen LogP contribution < -0.4 is 16.7 Å². The topological polar surface area (TPSA) is 68.3 Å². The van der Waals surface area contributed by atoms with Gasteiger partial charge in [-0.3, -0.25) is 0 Å². The Kier molecular flexibility index (Phi) is 4.20. The summed E-state index contributed by atoms with van der Waals surface area (Å²) >= 11 is 0.475. The van der Waals surface area contributed by atoms with Gasteiger partial charge in [-0.15, -0.1) is 0 Å². The molecule has 3 rings (SSSR count). The monoisotopic (exact) mass is 334 g/mol. The van der Waals surface area contributed by atoms with Crippen molar-refractivity contribution in [2.45, 2.75) is 10.7 Å². The van der Waals surface area contributed by atoms with Crippen LogP contribution in [-0.4, -0.2) is 5.76 Å². The lowest BCUT2D eigenvalue weighted by Gasteiger charge is -2.11. The van der Waals surface area contributed by atoms with Crippen LogP contribution in [0.25, 0.3) is 10.8 Å². The third-order valence-electron chi connectivity index (χ3n) is 3.21. The second-order valence-corrected chi connectivity index (χ2v) is 5.77. The Morgan fingerprint density at radius 3 is 2.35 bits per heavy atom. The highest BCUT2D eigenvalue weighted by Gasteiger charge is 2.12. The number of hydrogen-bond acceptors (Lipinski definition) is 5. The van der Waals surface area contributed by atoms with Crippen molar-refractivity contribution in [2.24, 2.45) is 0 Å². The fourth-order valence-corrected chi connectivity index (χ4v) is 2.71. The summed E-state index contributed by atoms with van der Waals surface area (Å²) in [6.07, 6.45) is 0. The molecule has 3 N–H and O–H groups in total. The number of hydrogen-bond donors (Lipinski definition) is 2. The first-order valence-electron chi connectivity index (χ1n) is 6.68. The Bertz CT molecular complexity index is 895. The molecular formula is C16H12F2N2O2S. The minimum atomic E-state index is -2.46. The van der Waals surface area contributed by atoms with Crippen LogP contribution in [0.2, 0.25) is 0 Å². The van der Waals surface area contributed by atoms with Crippen molar-refractivity contribution in [3.05, 3.63) is 59.0 Å². The number of benzene rings is 2. The van der Waals surface area contributed by atoms with Gasteiger partial charge >= 0.3 is 5.63 Å². The average Bonchev–Trinajstić information content (AvgIpc) is 2.52. The zero-order chi connectivity index (χ0) is 16.4. The van der Waals surface area contributed by atoms with E-state index in [1.165, 1.54) is 0 Å². The maximum atomic E-state index is 12.3. The molecule has 0 aliphatic carbocycles. The van der Waals surface area contributed by atoms with Gasteiger partial charge in [0.1, 0.15) is 5.69 Å². The lowest BCUT2D eigenvalue weighted by molar-refractivity contribution is 0.252. The molecule has 0 atom stereocenters. The predicted molar refractivity (Wildman–Crippen MR) is 88.5 cm³/mol. The van der Waals surface area contributed by atoms with Crippen LogP contribution in [0, 0.1) is 0 Å². The van der Waals surface area contributed by atoms with E-state index in [0.29, 0.717) is 38.8 Å². The SMILES string of the molecule is Nc1oc(=O)c2ccccc2c1Nc1ccc(SC(F)F)cc1. The molecule has 0 saturated carbocycles. The molecule has 1 heterocycles. The summed E-state index contributed by atoms with van der Waals surface area (Å²) in [5.41, 5.74) is 6.41. The van der Waals surface area contributed by atoms with Gasteiger partial charge in [-0.2, -0.15) is 8.78 Å². The zero-order valence-electron chi connectivity index (χ0n) is 11.8. The number of halogens is 2. The van der Waals surface area contributed by atoms with Crippen molar-refractivity contribution >= 4 is 39.8 Å². The van der Waals surface area contributed by atoms with E-state index in [0.717, 1.165) is 0 Å². The Morgan fingerprint density at radius 2 is 1.70 bits per heavy atom. The van der Waals surface area contributed by atoms with Crippen LogP contribution in [0.5, 0.6) is 0 Å². The minimum Gasteiger partial charge on any atom is -0.404 e. The maximum absolute atomic E-state index is 12.3. The number of rotatable bonds is 4. The van der Waals surface area contributed by atoms with Gasteiger partial charge in [0, 0.05) is 16.0 Å². The first-order chi connectivity index (χ1) is 11.0. The summed E-state index contributed by atoms with van der Waals surface area (Å²) in [5, 5.41) is 4.11. The van der Waals surface area contributed by atoms with E-state index in [4.69, 9.17) is 10.2 Å². The molecular weight excluding hydrogens is 322 g/mol. The van der Waals surface area contributed by atoms with Gasteiger partial charge in [-0.1, -0.05) is 30.0 Å². The highest BCUT2D eigenvalue weighted by molar-refractivity contribution is 7.99. The van der Waals surface area contributed by atoms with Gasteiger partial charge in [0.2, 0.25) is 5.88 Å². The summed E-state index contributed by atoms with van der Waals surface area (Å²) in [4.78, 5) is 12.3. The second-order valence-electron chi connectivity index (χ2n) is 4.70. The van der Waals surface area contributed by atoms with Gasteiger partial charge in [0.05, 0.1) is 5.39 Å². The van der Waals surface area contributed by atoms with Crippen LogP contribution in [0.15, 0.2) is 62.6 Å². The number of alkyl halides is 2. The van der Waals surface area contributed by atoms with E-state index in [9.17, 15) is 13.6 Å². The van der Waals surface area contributed by atoms with E-state index >= 15 is 0 Å². The number of nitrogen functional groups attached to an aromatic ring is 1. The summed E-state index contributed by atoms with van der Waals surface area (Å²) in [5.74, 6) is -2.49. The number of fused-ring (bicyclic) bond motifs is 1. The fraction of sp³-hybridized carbons (Fsp3) is 0.0625. The molecule has 0 saturated heterocycles. The average molecular weight is 334 g/mol. The number of anilines is 3. The Hall–Kier alpha value is -2.54. The molecule has 0 fully saturated rings. The van der Waals surface area contributed by atoms with Gasteiger partial charge in [-0.25, -0.2) is 4.79 Å². The maximum Gasteiger partial charge on any atom is 0.345 e. The van der Waals surface area contributed by atoms with E-state index in [-0.39, 0.29) is 5.88 Å². The van der Waals surface area contributed by atoms with Gasteiger partial charge in [-0.05, 0) is 30.3 Å². The molecule has 0 radical (unpaired) electrons. The standard InChI is InChI=1S/C16H12F2N2O2S/c17-16(18)23-10-7-5-9(6-8-10)20-13-11-3-1-2-4-12(11)15(21)22-14(13)19/h1-8,16,20H,19H2. The van der Waals surface area contributed by atoms with Crippen LogP contribution >= 0.6 is 11.8 Å². The fourth-order valence-electron chi connectivity index (χ4n) is 2.21.